The second-order valence-electron chi connectivity index (χ2n) is 9.94. The number of halogens is 1. The SMILES string of the molecule is COc1cc(N(C(=O)Cn2nnc3ccccc32)[C@@H](C(=O)NC[C@H]2CCCO2)c2ccc(F)cc2)ccc1-n1cnnn1. The van der Waals surface area contributed by atoms with Crippen LogP contribution in [0.25, 0.3) is 16.7 Å². The van der Waals surface area contributed by atoms with Crippen LogP contribution in [-0.4, -0.2) is 73.4 Å². The number of aromatic nitrogens is 7. The molecule has 0 aliphatic carbocycles. The number of nitrogens with zero attached hydrogens (tertiary/aromatic N) is 8. The maximum atomic E-state index is 14.3. The zero-order valence-electron chi connectivity index (χ0n) is 23.2. The molecule has 2 aromatic heterocycles. The molecule has 2 atom stereocenters. The number of hydrogen-bond donors (Lipinski definition) is 1. The van der Waals surface area contributed by atoms with E-state index in [-0.39, 0.29) is 19.2 Å². The van der Waals surface area contributed by atoms with E-state index in [1.807, 2.05) is 18.2 Å². The first-order chi connectivity index (χ1) is 21.0. The van der Waals surface area contributed by atoms with Gasteiger partial charge in [-0.05, 0) is 65.2 Å². The summed E-state index contributed by atoms with van der Waals surface area (Å²) >= 11 is 0. The van der Waals surface area contributed by atoms with Crippen molar-refractivity contribution in [2.45, 2.75) is 31.5 Å². The highest BCUT2D eigenvalue weighted by Gasteiger charge is 2.34. The van der Waals surface area contributed by atoms with Crippen molar-refractivity contribution in [3.8, 4) is 11.4 Å². The zero-order valence-corrected chi connectivity index (χ0v) is 23.2. The van der Waals surface area contributed by atoms with E-state index in [0.717, 1.165) is 12.8 Å². The number of benzene rings is 3. The molecule has 1 fully saturated rings. The van der Waals surface area contributed by atoms with Crippen LogP contribution in [0.1, 0.15) is 24.4 Å². The van der Waals surface area contributed by atoms with Crippen molar-refractivity contribution in [1.29, 1.82) is 0 Å². The van der Waals surface area contributed by atoms with Gasteiger partial charge in [0.05, 0.1) is 18.7 Å². The molecule has 1 aliphatic rings. The van der Waals surface area contributed by atoms with Crippen LogP contribution in [-0.2, 0) is 20.9 Å². The Bertz CT molecular complexity index is 1720. The number of anilines is 1. The van der Waals surface area contributed by atoms with Gasteiger partial charge in [0, 0.05) is 24.9 Å². The summed E-state index contributed by atoms with van der Waals surface area (Å²) in [7, 11) is 1.48. The predicted octanol–water partition coefficient (Wildman–Crippen LogP) is 2.62. The summed E-state index contributed by atoms with van der Waals surface area (Å²) in [5.41, 5.74) is 2.56. The maximum absolute atomic E-state index is 14.3. The Morgan fingerprint density at radius 2 is 1.98 bits per heavy atom. The number of methoxy groups -OCH3 is 1. The summed E-state index contributed by atoms with van der Waals surface area (Å²) in [5.74, 6) is -1.04. The van der Waals surface area contributed by atoms with Crippen LogP contribution < -0.4 is 15.0 Å². The molecule has 3 heterocycles. The lowest BCUT2D eigenvalue weighted by Gasteiger charge is -2.32. The number of carbonyl (C=O) groups is 2. The average Bonchev–Trinajstić information content (AvgIpc) is 3.82. The number of ether oxygens (including phenoxy) is 2. The van der Waals surface area contributed by atoms with E-state index in [4.69, 9.17) is 9.47 Å². The molecule has 13 nitrogen and oxygen atoms in total. The lowest BCUT2D eigenvalue weighted by molar-refractivity contribution is -0.127. The van der Waals surface area contributed by atoms with Crippen molar-refractivity contribution in [3.05, 3.63) is 84.4 Å². The highest BCUT2D eigenvalue weighted by atomic mass is 19.1. The second kappa shape index (κ2) is 12.3. The second-order valence-corrected chi connectivity index (χ2v) is 9.94. The molecule has 0 bridgehead atoms. The fourth-order valence-electron chi connectivity index (χ4n) is 5.13. The third-order valence-electron chi connectivity index (χ3n) is 7.23. The smallest absolute Gasteiger partial charge is 0.249 e. The third-order valence-corrected chi connectivity index (χ3v) is 7.23. The fraction of sp³-hybridized carbons (Fsp3) is 0.276. The molecule has 1 aliphatic heterocycles. The summed E-state index contributed by atoms with van der Waals surface area (Å²) in [6, 6.07) is 16.5. The Morgan fingerprint density at radius 3 is 2.72 bits per heavy atom. The van der Waals surface area contributed by atoms with Gasteiger partial charge in [-0.2, -0.15) is 4.68 Å². The van der Waals surface area contributed by atoms with Crippen molar-refractivity contribution in [1.82, 2.24) is 40.5 Å². The van der Waals surface area contributed by atoms with Crippen molar-refractivity contribution in [2.75, 3.05) is 25.2 Å². The molecule has 6 rings (SSSR count). The van der Waals surface area contributed by atoms with E-state index in [1.54, 1.807) is 24.3 Å². The molecule has 220 valence electrons. The van der Waals surface area contributed by atoms with Crippen molar-refractivity contribution in [2.24, 2.45) is 0 Å². The van der Waals surface area contributed by atoms with Gasteiger partial charge in [0.1, 0.15) is 41.7 Å². The highest BCUT2D eigenvalue weighted by Crippen LogP contribution is 2.34. The molecular weight excluding hydrogens is 557 g/mol. The predicted molar refractivity (Wildman–Crippen MR) is 152 cm³/mol. The molecule has 0 spiro atoms. The average molecular weight is 586 g/mol. The van der Waals surface area contributed by atoms with Crippen LogP contribution >= 0.6 is 0 Å². The lowest BCUT2D eigenvalue weighted by Crippen LogP contribution is -2.46. The summed E-state index contributed by atoms with van der Waals surface area (Å²) in [6.07, 6.45) is 3.01. The van der Waals surface area contributed by atoms with Crippen LogP contribution in [0.3, 0.4) is 0 Å². The number of nitrogens with one attached hydrogen (secondary N) is 1. The number of fused-ring (bicyclic) bond motifs is 1. The van der Waals surface area contributed by atoms with Gasteiger partial charge >= 0.3 is 0 Å². The summed E-state index contributed by atoms with van der Waals surface area (Å²) in [4.78, 5) is 29.6. The first kappa shape index (κ1) is 27.9. The maximum Gasteiger partial charge on any atom is 0.249 e. The van der Waals surface area contributed by atoms with Crippen LogP contribution in [0.4, 0.5) is 10.1 Å². The minimum atomic E-state index is -1.17. The summed E-state index contributed by atoms with van der Waals surface area (Å²) in [6.45, 7) is 0.675. The molecule has 0 radical (unpaired) electrons. The van der Waals surface area contributed by atoms with Gasteiger partial charge < -0.3 is 14.8 Å². The fourth-order valence-corrected chi connectivity index (χ4v) is 5.13. The highest BCUT2D eigenvalue weighted by molar-refractivity contribution is 6.01. The Morgan fingerprint density at radius 1 is 1.14 bits per heavy atom. The van der Waals surface area contributed by atoms with E-state index >= 15 is 0 Å². The monoisotopic (exact) mass is 585 g/mol. The minimum Gasteiger partial charge on any atom is -0.494 e. The van der Waals surface area contributed by atoms with Gasteiger partial charge in [0.2, 0.25) is 11.8 Å². The Hall–Kier alpha value is -5.24. The molecule has 0 saturated carbocycles. The van der Waals surface area contributed by atoms with Gasteiger partial charge in [-0.1, -0.05) is 29.5 Å². The molecule has 2 amide bonds. The van der Waals surface area contributed by atoms with E-state index in [9.17, 15) is 14.0 Å². The van der Waals surface area contributed by atoms with Gasteiger partial charge in [0.25, 0.3) is 0 Å². The van der Waals surface area contributed by atoms with Gasteiger partial charge in [0.15, 0.2) is 0 Å². The van der Waals surface area contributed by atoms with Crippen LogP contribution in [0.2, 0.25) is 0 Å². The molecule has 1 saturated heterocycles. The third kappa shape index (κ3) is 5.90. The van der Waals surface area contributed by atoms with Crippen molar-refractivity contribution < 1.29 is 23.5 Å². The zero-order chi connectivity index (χ0) is 29.8. The van der Waals surface area contributed by atoms with Crippen LogP contribution in [0.5, 0.6) is 5.75 Å². The number of tetrazole rings is 1. The Kier molecular flexibility index (Phi) is 8.00. The van der Waals surface area contributed by atoms with Gasteiger partial charge in [-0.15, -0.1) is 10.2 Å². The molecular formula is C29H28FN9O4. The molecule has 1 N–H and O–H groups in total. The summed E-state index contributed by atoms with van der Waals surface area (Å²) < 4.78 is 28.2. The quantitative estimate of drug-likeness (QED) is 0.262. The molecule has 43 heavy (non-hydrogen) atoms. The van der Waals surface area contributed by atoms with E-state index < -0.39 is 23.7 Å². The van der Waals surface area contributed by atoms with Crippen LogP contribution in [0, 0.1) is 5.82 Å². The van der Waals surface area contributed by atoms with E-state index in [0.29, 0.717) is 40.3 Å². The molecule has 3 aromatic carbocycles. The summed E-state index contributed by atoms with van der Waals surface area (Å²) in [5, 5.41) is 22.6. The number of hydrogen-bond acceptors (Lipinski definition) is 9. The van der Waals surface area contributed by atoms with Crippen LogP contribution in [0.15, 0.2) is 73.1 Å². The minimum absolute atomic E-state index is 0.126. The Labute approximate surface area is 245 Å². The first-order valence-electron chi connectivity index (χ1n) is 13.7. The van der Waals surface area contributed by atoms with E-state index in [1.165, 1.54) is 52.0 Å². The topological polar surface area (TPSA) is 142 Å². The van der Waals surface area contributed by atoms with Crippen molar-refractivity contribution in [3.63, 3.8) is 0 Å². The number of carbonyl (C=O) groups excluding carboxylic acids is 2. The normalized spacial score (nSPS) is 15.3. The van der Waals surface area contributed by atoms with Gasteiger partial charge in [-0.25, -0.2) is 9.07 Å². The number of amides is 2. The first-order valence-corrected chi connectivity index (χ1v) is 13.7. The standard InChI is InChI=1S/C29H28FN9O4/c1-42-26-15-21(12-13-25(26)38-18-32-34-36-38)39(27(40)17-37-24-7-3-2-6-23(24)33-35-37)28(19-8-10-20(30)11-9-19)29(41)31-16-22-5-4-14-43-22/h2-3,6-13,15,18,22,28H,4-5,14,16-17H2,1H3,(H,31,41)/t22-,28-/m1/s1. The molecule has 5 aromatic rings. The Balaban J connectivity index is 1.43. The van der Waals surface area contributed by atoms with Crippen molar-refractivity contribution >= 4 is 28.5 Å². The largest absolute Gasteiger partial charge is 0.494 e. The van der Waals surface area contributed by atoms with Gasteiger partial charge in [-0.3, -0.25) is 14.5 Å². The van der Waals surface area contributed by atoms with E-state index in [2.05, 4.69) is 31.2 Å². The lowest BCUT2D eigenvalue weighted by atomic mass is 10.0. The number of para-hydroxylation sites is 1. The number of rotatable bonds is 10. The molecule has 0 unspecified atom stereocenters. The molecule has 14 heteroatoms.